The maximum atomic E-state index is 5.57. The molecule has 0 unspecified atom stereocenters. The summed E-state index contributed by atoms with van der Waals surface area (Å²) in [5, 5.41) is 17.3. The largest absolute Gasteiger partial charge is 0.391 e. The van der Waals surface area contributed by atoms with Crippen molar-refractivity contribution in [3.05, 3.63) is 144 Å². The molecule has 0 aromatic heterocycles. The first-order valence-corrected chi connectivity index (χ1v) is 17.4. The van der Waals surface area contributed by atoms with Crippen LogP contribution in [-0.2, 0) is 45.8 Å². The summed E-state index contributed by atoms with van der Waals surface area (Å²) in [6.07, 6.45) is 6.11. The zero-order valence-corrected chi connectivity index (χ0v) is 29.2. The molecule has 4 aromatic carbocycles. The highest BCUT2D eigenvalue weighted by Crippen LogP contribution is 2.33. The van der Waals surface area contributed by atoms with Gasteiger partial charge in [0.25, 0.3) is 0 Å². The summed E-state index contributed by atoms with van der Waals surface area (Å²) in [6, 6.07) is 40.3. The molecular formula is C42H48N4O4. The second-order valence-corrected chi connectivity index (χ2v) is 13.4. The van der Waals surface area contributed by atoms with Gasteiger partial charge in [0.1, 0.15) is 26.4 Å². The summed E-state index contributed by atoms with van der Waals surface area (Å²) in [4.78, 5) is 22.0. The Labute approximate surface area is 296 Å². The van der Waals surface area contributed by atoms with Gasteiger partial charge in [-0.3, -0.25) is 0 Å². The predicted molar refractivity (Wildman–Crippen MR) is 201 cm³/mol. The van der Waals surface area contributed by atoms with E-state index in [1.807, 2.05) is 121 Å². The average molecular weight is 673 g/mol. The van der Waals surface area contributed by atoms with Crippen LogP contribution in [-0.4, -0.2) is 22.8 Å². The molecule has 2 aliphatic rings. The Bertz CT molecular complexity index is 1550. The lowest BCUT2D eigenvalue weighted by Crippen LogP contribution is -2.29. The first kappa shape index (κ1) is 36.1. The normalized spacial score (nSPS) is 16.9. The summed E-state index contributed by atoms with van der Waals surface area (Å²) in [6.45, 7) is 6.47. The molecule has 0 radical (unpaired) electrons. The van der Waals surface area contributed by atoms with E-state index in [1.54, 1.807) is 0 Å². The van der Waals surface area contributed by atoms with Crippen molar-refractivity contribution < 1.29 is 19.4 Å². The van der Waals surface area contributed by atoms with Crippen LogP contribution >= 0.6 is 0 Å². The van der Waals surface area contributed by atoms with Crippen molar-refractivity contribution in [1.29, 1.82) is 0 Å². The van der Waals surface area contributed by atoms with E-state index in [9.17, 15) is 0 Å². The van der Waals surface area contributed by atoms with Gasteiger partial charge in [-0.1, -0.05) is 156 Å². The van der Waals surface area contributed by atoms with Gasteiger partial charge in [-0.05, 0) is 66.2 Å². The second kappa shape index (κ2) is 19.7. The minimum Gasteiger partial charge on any atom is -0.391 e. The Morgan fingerprint density at radius 3 is 0.940 bits per heavy atom. The number of hydrogen-bond acceptors (Lipinski definition) is 8. The van der Waals surface area contributed by atoms with Gasteiger partial charge in [0.15, 0.2) is 0 Å². The van der Waals surface area contributed by atoms with E-state index in [0.29, 0.717) is 32.8 Å². The summed E-state index contributed by atoms with van der Waals surface area (Å²) in [5.41, 5.74) is 8.88. The quantitative estimate of drug-likeness (QED) is 0.140. The second-order valence-electron chi connectivity index (χ2n) is 13.4. The molecule has 0 aliphatic heterocycles. The van der Waals surface area contributed by atoms with Gasteiger partial charge in [0, 0.05) is 6.42 Å². The molecule has 4 aromatic rings. The number of oxime groups is 4. The average Bonchev–Trinajstić information content (AvgIpc) is 3.14. The van der Waals surface area contributed by atoms with E-state index < -0.39 is 0 Å². The maximum absolute atomic E-state index is 5.57. The molecule has 2 saturated carbocycles. The van der Waals surface area contributed by atoms with Crippen LogP contribution in [0.25, 0.3) is 0 Å². The molecule has 0 N–H and O–H groups in total. The van der Waals surface area contributed by atoms with Crippen LogP contribution in [0.1, 0.15) is 81.0 Å². The molecule has 6 rings (SSSR count). The third-order valence-electron chi connectivity index (χ3n) is 8.25. The van der Waals surface area contributed by atoms with Crippen LogP contribution in [0.15, 0.2) is 142 Å². The van der Waals surface area contributed by atoms with Gasteiger partial charge in [0.2, 0.25) is 0 Å². The molecule has 50 heavy (non-hydrogen) atoms. The van der Waals surface area contributed by atoms with E-state index in [1.165, 1.54) is 0 Å². The minimum atomic E-state index is 0.113. The lowest BCUT2D eigenvalue weighted by Gasteiger charge is -2.30. The first-order valence-electron chi connectivity index (χ1n) is 17.4. The molecule has 0 bridgehead atoms. The maximum Gasteiger partial charge on any atom is 0.142 e. The fourth-order valence-corrected chi connectivity index (χ4v) is 5.76. The van der Waals surface area contributed by atoms with E-state index >= 15 is 0 Å². The highest BCUT2D eigenvalue weighted by Gasteiger charge is 2.30. The lowest BCUT2D eigenvalue weighted by molar-refractivity contribution is 0.124. The standard InChI is InChI=1S/C22H26N2O2.C20H22N2O2/c1-22(2)14-20(23-25-16-18-9-5-3-6-10-18)13-21(15-22)24-26-17-19-11-7-4-8-12-19;1-3-7-17(8-4-1)15-23-21-19-11-13-20(14-12-19)22-24-16-18-9-5-2-6-10-18/h3-12H,13-17H2,1-2H3;1-10H,11-16H2/b23-20-,24-21+;. The van der Waals surface area contributed by atoms with Gasteiger partial charge in [-0.25, -0.2) is 0 Å². The van der Waals surface area contributed by atoms with Gasteiger partial charge in [0.05, 0.1) is 22.8 Å². The molecule has 8 nitrogen and oxygen atoms in total. The molecule has 2 aliphatic carbocycles. The lowest BCUT2D eigenvalue weighted by atomic mass is 9.75. The number of rotatable bonds is 12. The Morgan fingerprint density at radius 1 is 0.400 bits per heavy atom. The minimum absolute atomic E-state index is 0.113. The van der Waals surface area contributed by atoms with Crippen molar-refractivity contribution in [3.8, 4) is 0 Å². The van der Waals surface area contributed by atoms with Crippen LogP contribution in [0.2, 0.25) is 0 Å². The summed E-state index contributed by atoms with van der Waals surface area (Å²) >= 11 is 0. The van der Waals surface area contributed by atoms with Crippen molar-refractivity contribution in [2.45, 2.75) is 85.2 Å². The molecule has 0 atom stereocenters. The highest BCUT2D eigenvalue weighted by atomic mass is 16.6. The van der Waals surface area contributed by atoms with Crippen molar-refractivity contribution in [2.24, 2.45) is 26.0 Å². The number of benzene rings is 4. The zero-order chi connectivity index (χ0) is 34.7. The molecule has 260 valence electrons. The molecule has 2 fully saturated rings. The van der Waals surface area contributed by atoms with E-state index in [-0.39, 0.29) is 5.41 Å². The Balaban J connectivity index is 0.000000195. The Hall–Kier alpha value is -5.24. The monoisotopic (exact) mass is 672 g/mol. The van der Waals surface area contributed by atoms with Gasteiger partial charge >= 0.3 is 0 Å². The van der Waals surface area contributed by atoms with Crippen LogP contribution in [0.3, 0.4) is 0 Å². The van der Waals surface area contributed by atoms with Crippen molar-refractivity contribution in [2.75, 3.05) is 0 Å². The highest BCUT2D eigenvalue weighted by molar-refractivity contribution is 6.06. The zero-order valence-electron chi connectivity index (χ0n) is 29.2. The van der Waals surface area contributed by atoms with Crippen molar-refractivity contribution >= 4 is 22.8 Å². The molecule has 0 heterocycles. The fraction of sp³-hybridized carbons (Fsp3) is 0.333. The molecule has 0 spiro atoms. The van der Waals surface area contributed by atoms with Crippen LogP contribution in [0.4, 0.5) is 0 Å². The fourth-order valence-electron chi connectivity index (χ4n) is 5.76. The molecule has 0 amide bonds. The summed E-state index contributed by atoms with van der Waals surface area (Å²) in [5.74, 6) is 0. The smallest absolute Gasteiger partial charge is 0.142 e. The van der Waals surface area contributed by atoms with Gasteiger partial charge in [-0.2, -0.15) is 0 Å². The number of hydrogen-bond donors (Lipinski definition) is 0. The summed E-state index contributed by atoms with van der Waals surface area (Å²) in [7, 11) is 0. The van der Waals surface area contributed by atoms with Gasteiger partial charge < -0.3 is 19.4 Å². The van der Waals surface area contributed by atoms with Gasteiger partial charge in [-0.15, -0.1) is 0 Å². The SMILES string of the molecule is CC1(C)C/C(=N/OCc2ccccc2)C/C(=N/OCc2ccccc2)C1.c1ccc(CON=C2CCC(=NOCc3ccccc3)CC2)cc1. The Morgan fingerprint density at radius 2 is 0.660 bits per heavy atom. The van der Waals surface area contributed by atoms with Crippen LogP contribution in [0.5, 0.6) is 0 Å². The van der Waals surface area contributed by atoms with Crippen LogP contribution in [0, 0.1) is 5.41 Å². The first-order chi connectivity index (χ1) is 24.5. The predicted octanol–water partition coefficient (Wildman–Crippen LogP) is 10.0. The molecule has 0 saturated heterocycles. The van der Waals surface area contributed by atoms with Crippen LogP contribution < -0.4 is 0 Å². The van der Waals surface area contributed by atoms with E-state index in [0.717, 1.165) is 83.6 Å². The topological polar surface area (TPSA) is 86.4 Å². The molecule has 8 heteroatoms. The third kappa shape index (κ3) is 13.3. The number of nitrogens with zero attached hydrogens (tertiary/aromatic N) is 4. The van der Waals surface area contributed by atoms with Crippen molar-refractivity contribution in [3.63, 3.8) is 0 Å². The van der Waals surface area contributed by atoms with E-state index in [4.69, 9.17) is 19.4 Å². The summed E-state index contributed by atoms with van der Waals surface area (Å²) < 4.78 is 0. The van der Waals surface area contributed by atoms with E-state index in [2.05, 4.69) is 34.5 Å². The van der Waals surface area contributed by atoms with Crippen molar-refractivity contribution in [1.82, 2.24) is 0 Å². The third-order valence-corrected chi connectivity index (χ3v) is 8.25. The molecular weight excluding hydrogens is 624 g/mol. The Kier molecular flexibility index (Phi) is 14.2.